The fraction of sp³-hybridized carbons (Fsp3) is 0.250. The van der Waals surface area contributed by atoms with E-state index in [0.717, 1.165) is 22.6 Å². The lowest BCUT2D eigenvalue weighted by molar-refractivity contribution is 0.102. The maximum Gasteiger partial charge on any atom is 0.274 e. The smallest absolute Gasteiger partial charge is 0.274 e. The van der Waals surface area contributed by atoms with Crippen molar-refractivity contribution in [2.45, 2.75) is 13.8 Å². The average Bonchev–Trinajstić information content (AvgIpc) is 2.43. The van der Waals surface area contributed by atoms with Gasteiger partial charge in [0.1, 0.15) is 11.5 Å². The van der Waals surface area contributed by atoms with Crippen molar-refractivity contribution in [3.05, 3.63) is 53.2 Å². The van der Waals surface area contributed by atoms with Crippen molar-refractivity contribution in [3.63, 3.8) is 0 Å². The van der Waals surface area contributed by atoms with Gasteiger partial charge in [-0.1, -0.05) is 18.2 Å². The molecule has 0 aliphatic heterocycles. The first-order valence-corrected chi connectivity index (χ1v) is 6.50. The first kappa shape index (κ1) is 14.1. The van der Waals surface area contributed by atoms with Crippen LogP contribution in [0.4, 0.5) is 11.5 Å². The summed E-state index contributed by atoms with van der Waals surface area (Å²) in [6.45, 7) is 3.97. The topological polar surface area (TPSA) is 45.2 Å². The molecule has 1 heterocycles. The van der Waals surface area contributed by atoms with Gasteiger partial charge < -0.3 is 10.2 Å². The van der Waals surface area contributed by atoms with Crippen molar-refractivity contribution in [2.24, 2.45) is 0 Å². The molecule has 0 saturated heterocycles. The van der Waals surface area contributed by atoms with Crippen LogP contribution in [0.5, 0.6) is 0 Å². The van der Waals surface area contributed by atoms with Crippen LogP contribution in [0.25, 0.3) is 0 Å². The number of carbonyl (C=O) groups excluding carboxylic acids is 1. The minimum Gasteiger partial charge on any atom is -0.363 e. The highest BCUT2D eigenvalue weighted by Gasteiger charge is 2.10. The molecule has 2 rings (SSSR count). The number of nitrogens with one attached hydrogen (secondary N) is 1. The number of carbonyl (C=O) groups is 1. The van der Waals surface area contributed by atoms with Crippen LogP contribution in [0.15, 0.2) is 36.4 Å². The van der Waals surface area contributed by atoms with E-state index in [0.29, 0.717) is 5.69 Å². The van der Waals surface area contributed by atoms with E-state index in [1.54, 1.807) is 6.07 Å². The lowest BCUT2D eigenvalue weighted by Crippen LogP contribution is -2.17. The van der Waals surface area contributed by atoms with Crippen molar-refractivity contribution in [3.8, 4) is 0 Å². The molecule has 0 bridgehead atoms. The van der Waals surface area contributed by atoms with Crippen LogP contribution in [0, 0.1) is 13.8 Å². The molecule has 20 heavy (non-hydrogen) atoms. The maximum absolute atomic E-state index is 12.3. The fourth-order valence-corrected chi connectivity index (χ4v) is 1.86. The van der Waals surface area contributed by atoms with Crippen molar-refractivity contribution >= 4 is 17.4 Å². The highest BCUT2D eigenvalue weighted by Crippen LogP contribution is 2.17. The van der Waals surface area contributed by atoms with E-state index < -0.39 is 0 Å². The minimum atomic E-state index is -0.192. The molecule has 4 heteroatoms. The van der Waals surface area contributed by atoms with Gasteiger partial charge in [-0.25, -0.2) is 4.98 Å². The molecule has 1 amide bonds. The molecular weight excluding hydrogens is 250 g/mol. The molecule has 0 spiro atoms. The molecule has 0 aliphatic rings. The molecular formula is C16H19N3O. The molecule has 0 aliphatic carbocycles. The molecule has 0 atom stereocenters. The van der Waals surface area contributed by atoms with Crippen LogP contribution < -0.4 is 10.2 Å². The van der Waals surface area contributed by atoms with Crippen molar-refractivity contribution < 1.29 is 4.79 Å². The number of pyridine rings is 1. The highest BCUT2D eigenvalue weighted by molar-refractivity contribution is 6.03. The van der Waals surface area contributed by atoms with Gasteiger partial charge in [0.2, 0.25) is 0 Å². The number of nitrogens with zero attached hydrogens (tertiary/aromatic N) is 2. The Hall–Kier alpha value is -2.36. The van der Waals surface area contributed by atoms with Gasteiger partial charge in [0.15, 0.2) is 0 Å². The van der Waals surface area contributed by atoms with Gasteiger partial charge in [-0.2, -0.15) is 0 Å². The van der Waals surface area contributed by atoms with Crippen LogP contribution >= 0.6 is 0 Å². The molecule has 0 unspecified atom stereocenters. The second-order valence-corrected chi connectivity index (χ2v) is 5.05. The van der Waals surface area contributed by atoms with Gasteiger partial charge in [0, 0.05) is 19.8 Å². The fourth-order valence-electron chi connectivity index (χ4n) is 1.86. The summed E-state index contributed by atoms with van der Waals surface area (Å²) >= 11 is 0. The van der Waals surface area contributed by atoms with Gasteiger partial charge >= 0.3 is 0 Å². The summed E-state index contributed by atoms with van der Waals surface area (Å²) in [5, 5.41) is 2.91. The van der Waals surface area contributed by atoms with Crippen molar-refractivity contribution in [1.82, 2.24) is 4.98 Å². The van der Waals surface area contributed by atoms with E-state index in [2.05, 4.69) is 10.3 Å². The van der Waals surface area contributed by atoms with Crippen LogP contribution in [0.1, 0.15) is 21.6 Å². The quantitative estimate of drug-likeness (QED) is 0.931. The van der Waals surface area contributed by atoms with Gasteiger partial charge in [0.25, 0.3) is 5.91 Å². The van der Waals surface area contributed by atoms with Crippen LogP contribution in [-0.2, 0) is 0 Å². The SMILES string of the molecule is Cc1ccc(C)c(NC(=O)c2cccc(N(C)C)n2)c1. The zero-order chi connectivity index (χ0) is 14.7. The summed E-state index contributed by atoms with van der Waals surface area (Å²) in [4.78, 5) is 18.5. The molecule has 0 radical (unpaired) electrons. The Morgan fingerprint density at radius 1 is 1.15 bits per heavy atom. The molecule has 1 N–H and O–H groups in total. The summed E-state index contributed by atoms with van der Waals surface area (Å²) in [7, 11) is 3.80. The predicted molar refractivity (Wildman–Crippen MR) is 82.4 cm³/mol. The molecule has 0 saturated carbocycles. The van der Waals surface area contributed by atoms with Crippen LogP contribution in [0.2, 0.25) is 0 Å². The first-order valence-electron chi connectivity index (χ1n) is 6.50. The number of anilines is 2. The van der Waals surface area contributed by atoms with E-state index in [1.165, 1.54) is 0 Å². The zero-order valence-corrected chi connectivity index (χ0v) is 12.3. The molecule has 1 aromatic heterocycles. The molecule has 104 valence electrons. The average molecular weight is 269 g/mol. The van der Waals surface area contributed by atoms with E-state index >= 15 is 0 Å². The number of aryl methyl sites for hydroxylation is 2. The van der Waals surface area contributed by atoms with E-state index in [1.807, 2.05) is 63.2 Å². The Morgan fingerprint density at radius 2 is 1.90 bits per heavy atom. The summed E-state index contributed by atoms with van der Waals surface area (Å²) in [5.74, 6) is 0.570. The van der Waals surface area contributed by atoms with E-state index in [9.17, 15) is 4.79 Å². The normalized spacial score (nSPS) is 10.2. The summed E-state index contributed by atoms with van der Waals surface area (Å²) < 4.78 is 0. The second kappa shape index (κ2) is 5.74. The Kier molecular flexibility index (Phi) is 4.03. The number of benzene rings is 1. The maximum atomic E-state index is 12.3. The van der Waals surface area contributed by atoms with Crippen molar-refractivity contribution in [2.75, 3.05) is 24.3 Å². The highest BCUT2D eigenvalue weighted by atomic mass is 16.1. The second-order valence-electron chi connectivity index (χ2n) is 5.05. The lowest BCUT2D eigenvalue weighted by atomic mass is 10.1. The molecule has 0 fully saturated rings. The van der Waals surface area contributed by atoms with E-state index in [-0.39, 0.29) is 5.91 Å². The first-order chi connectivity index (χ1) is 9.47. The zero-order valence-electron chi connectivity index (χ0n) is 12.3. The van der Waals surface area contributed by atoms with Gasteiger partial charge in [-0.05, 0) is 43.2 Å². The lowest BCUT2D eigenvalue weighted by Gasteiger charge is -2.13. The van der Waals surface area contributed by atoms with Crippen LogP contribution in [-0.4, -0.2) is 25.0 Å². The van der Waals surface area contributed by atoms with Gasteiger partial charge in [-0.3, -0.25) is 4.79 Å². The monoisotopic (exact) mass is 269 g/mol. The third-order valence-corrected chi connectivity index (χ3v) is 3.07. The number of amides is 1. The Morgan fingerprint density at radius 3 is 2.60 bits per heavy atom. The van der Waals surface area contributed by atoms with Crippen LogP contribution in [0.3, 0.4) is 0 Å². The third kappa shape index (κ3) is 3.15. The summed E-state index contributed by atoms with van der Waals surface area (Å²) in [5.41, 5.74) is 3.39. The van der Waals surface area contributed by atoms with Gasteiger partial charge in [-0.15, -0.1) is 0 Å². The van der Waals surface area contributed by atoms with Gasteiger partial charge in [0.05, 0.1) is 0 Å². The number of hydrogen-bond donors (Lipinski definition) is 1. The Labute approximate surface area is 119 Å². The Balaban J connectivity index is 2.24. The Bertz CT molecular complexity index is 635. The largest absolute Gasteiger partial charge is 0.363 e. The van der Waals surface area contributed by atoms with E-state index in [4.69, 9.17) is 0 Å². The molecule has 4 nitrogen and oxygen atoms in total. The summed E-state index contributed by atoms with van der Waals surface area (Å²) in [6, 6.07) is 11.4. The molecule has 1 aromatic carbocycles. The predicted octanol–water partition coefficient (Wildman–Crippen LogP) is 3.02. The number of aromatic nitrogens is 1. The standard InChI is InChI=1S/C16H19N3O/c1-11-8-9-12(2)14(10-11)18-16(20)13-6-5-7-15(17-13)19(3)4/h5-10H,1-4H3,(H,18,20). The number of hydrogen-bond acceptors (Lipinski definition) is 3. The minimum absolute atomic E-state index is 0.192. The van der Waals surface area contributed by atoms with Crippen molar-refractivity contribution in [1.29, 1.82) is 0 Å². The molecule has 2 aromatic rings. The number of rotatable bonds is 3. The third-order valence-electron chi connectivity index (χ3n) is 3.07. The summed E-state index contributed by atoms with van der Waals surface area (Å²) in [6.07, 6.45) is 0.